The first-order valence-electron chi connectivity index (χ1n) is 10.9. The van der Waals surface area contributed by atoms with Crippen LogP contribution in [0.1, 0.15) is 18.4 Å². The fourth-order valence-electron chi connectivity index (χ4n) is 4.14. The molecule has 2 saturated heterocycles. The van der Waals surface area contributed by atoms with Crippen molar-refractivity contribution in [2.24, 2.45) is 5.92 Å². The Labute approximate surface area is 194 Å². The summed E-state index contributed by atoms with van der Waals surface area (Å²) in [6, 6.07) is 14.0. The van der Waals surface area contributed by atoms with Crippen LogP contribution in [-0.4, -0.2) is 62.9 Å². The molecule has 9 heteroatoms. The minimum Gasteiger partial charge on any atom is -0.379 e. The molecule has 2 fully saturated rings. The third kappa shape index (κ3) is 5.68. The number of carbonyl (C=O) groups is 1. The van der Waals surface area contributed by atoms with E-state index in [1.807, 2.05) is 24.3 Å². The maximum Gasteiger partial charge on any atom is 0.243 e. The van der Waals surface area contributed by atoms with Crippen LogP contribution in [0, 0.1) is 5.92 Å². The predicted molar refractivity (Wildman–Crippen MR) is 124 cm³/mol. The summed E-state index contributed by atoms with van der Waals surface area (Å²) in [5.41, 5.74) is 1.86. The standard InChI is InChI=1S/C23H28ClN3O4S/c24-20-6-8-22(9-7-20)32(29,30)27-10-2-4-19(17-27)23(28)25-21-5-1-3-18(15-21)16-26-11-13-31-14-12-26/h1,3,5-9,15,19H,2,4,10-14,16-17H2,(H,25,28). The second-order valence-corrected chi connectivity index (χ2v) is 10.6. The lowest BCUT2D eigenvalue weighted by Crippen LogP contribution is -2.43. The number of sulfonamides is 1. The molecule has 0 aliphatic carbocycles. The highest BCUT2D eigenvalue weighted by Crippen LogP contribution is 2.26. The molecule has 1 N–H and O–H groups in total. The molecule has 0 bridgehead atoms. The zero-order chi connectivity index (χ0) is 22.6. The van der Waals surface area contributed by atoms with E-state index in [0.717, 1.165) is 44.1 Å². The van der Waals surface area contributed by atoms with Gasteiger partial charge in [0.15, 0.2) is 0 Å². The molecule has 2 aromatic carbocycles. The Morgan fingerprint density at radius 1 is 1.09 bits per heavy atom. The van der Waals surface area contributed by atoms with Crippen molar-refractivity contribution in [3.63, 3.8) is 0 Å². The maximum atomic E-state index is 13.0. The van der Waals surface area contributed by atoms with Crippen LogP contribution in [0.4, 0.5) is 5.69 Å². The van der Waals surface area contributed by atoms with Crippen molar-refractivity contribution in [3.05, 3.63) is 59.1 Å². The summed E-state index contributed by atoms with van der Waals surface area (Å²) in [6.45, 7) is 4.67. The molecule has 172 valence electrons. The molecule has 0 radical (unpaired) electrons. The fourth-order valence-corrected chi connectivity index (χ4v) is 5.79. The third-order valence-corrected chi connectivity index (χ3v) is 8.04. The zero-order valence-corrected chi connectivity index (χ0v) is 19.4. The number of nitrogens with one attached hydrogen (secondary N) is 1. The van der Waals surface area contributed by atoms with Gasteiger partial charge in [0.1, 0.15) is 0 Å². The van der Waals surface area contributed by atoms with Gasteiger partial charge in [0.25, 0.3) is 0 Å². The highest BCUT2D eigenvalue weighted by Gasteiger charge is 2.33. The topological polar surface area (TPSA) is 79.0 Å². The smallest absolute Gasteiger partial charge is 0.243 e. The minimum atomic E-state index is -3.66. The molecule has 4 rings (SSSR count). The van der Waals surface area contributed by atoms with Gasteiger partial charge >= 0.3 is 0 Å². The van der Waals surface area contributed by atoms with E-state index >= 15 is 0 Å². The van der Waals surface area contributed by atoms with Crippen LogP contribution in [0.15, 0.2) is 53.4 Å². The first-order valence-corrected chi connectivity index (χ1v) is 12.7. The zero-order valence-electron chi connectivity index (χ0n) is 17.9. The SMILES string of the molecule is O=C(Nc1cccc(CN2CCOCC2)c1)C1CCCN(S(=O)(=O)c2ccc(Cl)cc2)C1. The molecular weight excluding hydrogens is 450 g/mol. The van der Waals surface area contributed by atoms with E-state index in [2.05, 4.69) is 10.2 Å². The van der Waals surface area contributed by atoms with Crippen molar-refractivity contribution < 1.29 is 17.9 Å². The van der Waals surface area contributed by atoms with Gasteiger partial charge in [-0.05, 0) is 54.8 Å². The van der Waals surface area contributed by atoms with Gasteiger partial charge < -0.3 is 10.1 Å². The van der Waals surface area contributed by atoms with E-state index in [4.69, 9.17) is 16.3 Å². The predicted octanol–water partition coefficient (Wildman–Crippen LogP) is 3.21. The van der Waals surface area contributed by atoms with Crippen LogP contribution in [0.2, 0.25) is 5.02 Å². The van der Waals surface area contributed by atoms with E-state index in [-0.39, 0.29) is 17.3 Å². The Hall–Kier alpha value is -1.97. The largest absolute Gasteiger partial charge is 0.379 e. The highest BCUT2D eigenvalue weighted by molar-refractivity contribution is 7.89. The molecule has 0 spiro atoms. The minimum absolute atomic E-state index is 0.149. The molecule has 1 unspecified atom stereocenters. The first-order chi connectivity index (χ1) is 15.4. The van der Waals surface area contributed by atoms with Crippen molar-refractivity contribution >= 4 is 33.2 Å². The Bertz CT molecular complexity index is 1040. The molecule has 2 aromatic rings. The number of morpholine rings is 1. The number of halogens is 1. The van der Waals surface area contributed by atoms with Crippen LogP contribution in [-0.2, 0) is 26.1 Å². The molecule has 2 heterocycles. The average Bonchev–Trinajstić information content (AvgIpc) is 2.80. The lowest BCUT2D eigenvalue weighted by atomic mass is 9.98. The summed E-state index contributed by atoms with van der Waals surface area (Å²) in [4.78, 5) is 15.5. The lowest BCUT2D eigenvalue weighted by Gasteiger charge is -2.31. The van der Waals surface area contributed by atoms with Crippen molar-refractivity contribution in [1.82, 2.24) is 9.21 Å². The van der Waals surface area contributed by atoms with E-state index in [1.54, 1.807) is 12.1 Å². The maximum absolute atomic E-state index is 13.0. The molecule has 1 atom stereocenters. The molecular formula is C23H28ClN3O4S. The molecule has 0 saturated carbocycles. The van der Waals surface area contributed by atoms with Gasteiger partial charge in [0.2, 0.25) is 15.9 Å². The van der Waals surface area contributed by atoms with Gasteiger partial charge in [-0.25, -0.2) is 8.42 Å². The van der Waals surface area contributed by atoms with E-state index < -0.39 is 15.9 Å². The van der Waals surface area contributed by atoms with Crippen molar-refractivity contribution in [3.8, 4) is 0 Å². The number of anilines is 1. The summed E-state index contributed by atoms with van der Waals surface area (Å²) < 4.78 is 32.8. The van der Waals surface area contributed by atoms with E-state index in [1.165, 1.54) is 16.4 Å². The summed E-state index contributed by atoms with van der Waals surface area (Å²) in [5.74, 6) is -0.543. The summed E-state index contributed by atoms with van der Waals surface area (Å²) >= 11 is 5.89. The van der Waals surface area contributed by atoms with Gasteiger partial charge in [-0.1, -0.05) is 23.7 Å². The van der Waals surface area contributed by atoms with Crippen LogP contribution < -0.4 is 5.32 Å². The summed E-state index contributed by atoms with van der Waals surface area (Å²) in [6.07, 6.45) is 1.30. The Balaban J connectivity index is 1.39. The molecule has 2 aliphatic heterocycles. The number of nitrogens with zero attached hydrogens (tertiary/aromatic N) is 2. The molecule has 7 nitrogen and oxygen atoms in total. The van der Waals surface area contributed by atoms with E-state index in [0.29, 0.717) is 24.4 Å². The first kappa shape index (κ1) is 23.2. The van der Waals surface area contributed by atoms with Crippen molar-refractivity contribution in [2.75, 3.05) is 44.7 Å². The van der Waals surface area contributed by atoms with Crippen LogP contribution >= 0.6 is 11.6 Å². The Kier molecular flexibility index (Phi) is 7.48. The van der Waals surface area contributed by atoms with Crippen molar-refractivity contribution in [1.29, 1.82) is 0 Å². The number of carbonyl (C=O) groups excluding carboxylic acids is 1. The number of rotatable bonds is 6. The second kappa shape index (κ2) is 10.3. The Morgan fingerprint density at radius 2 is 1.84 bits per heavy atom. The highest BCUT2D eigenvalue weighted by atomic mass is 35.5. The lowest BCUT2D eigenvalue weighted by molar-refractivity contribution is -0.120. The summed E-state index contributed by atoms with van der Waals surface area (Å²) in [5, 5.41) is 3.47. The average molecular weight is 478 g/mol. The Morgan fingerprint density at radius 3 is 2.59 bits per heavy atom. The number of benzene rings is 2. The van der Waals surface area contributed by atoms with Gasteiger partial charge in [-0.3, -0.25) is 9.69 Å². The molecule has 0 aromatic heterocycles. The van der Waals surface area contributed by atoms with Crippen LogP contribution in [0.25, 0.3) is 0 Å². The number of hydrogen-bond donors (Lipinski definition) is 1. The quantitative estimate of drug-likeness (QED) is 0.691. The number of piperidine rings is 1. The van der Waals surface area contributed by atoms with Gasteiger partial charge in [-0.2, -0.15) is 4.31 Å². The normalized spacial score (nSPS) is 20.7. The van der Waals surface area contributed by atoms with E-state index in [9.17, 15) is 13.2 Å². The van der Waals surface area contributed by atoms with Gasteiger partial charge in [-0.15, -0.1) is 0 Å². The van der Waals surface area contributed by atoms with Gasteiger partial charge in [0, 0.05) is 43.4 Å². The number of hydrogen-bond acceptors (Lipinski definition) is 5. The fraction of sp³-hybridized carbons (Fsp3) is 0.435. The molecule has 2 aliphatic rings. The monoisotopic (exact) mass is 477 g/mol. The second-order valence-electron chi connectivity index (χ2n) is 8.23. The number of ether oxygens (including phenoxy) is 1. The van der Waals surface area contributed by atoms with Crippen molar-refractivity contribution in [2.45, 2.75) is 24.3 Å². The summed E-state index contributed by atoms with van der Waals surface area (Å²) in [7, 11) is -3.66. The van der Waals surface area contributed by atoms with Gasteiger partial charge in [0.05, 0.1) is 24.0 Å². The number of amides is 1. The third-order valence-electron chi connectivity index (χ3n) is 5.91. The van der Waals surface area contributed by atoms with Crippen LogP contribution in [0.3, 0.4) is 0 Å². The molecule has 32 heavy (non-hydrogen) atoms. The van der Waals surface area contributed by atoms with Crippen LogP contribution in [0.5, 0.6) is 0 Å². The molecule has 1 amide bonds.